The maximum atomic E-state index is 11.1. The Balaban J connectivity index is 1.76. The van der Waals surface area contributed by atoms with Gasteiger partial charge in [0.1, 0.15) is 5.54 Å². The Bertz CT molecular complexity index is 265. The smallest absolute Gasteiger partial charge is 0.323 e. The van der Waals surface area contributed by atoms with Crippen molar-refractivity contribution in [2.75, 3.05) is 6.61 Å². The van der Waals surface area contributed by atoms with E-state index in [0.29, 0.717) is 19.1 Å². The minimum atomic E-state index is -0.997. The van der Waals surface area contributed by atoms with Crippen LogP contribution >= 0.6 is 0 Å². The monoisotopic (exact) mass is 227 g/mol. The molecule has 0 aromatic carbocycles. The van der Waals surface area contributed by atoms with Crippen LogP contribution in [0.3, 0.4) is 0 Å². The van der Waals surface area contributed by atoms with E-state index >= 15 is 0 Å². The van der Waals surface area contributed by atoms with E-state index < -0.39 is 11.5 Å². The van der Waals surface area contributed by atoms with Gasteiger partial charge in [-0.15, -0.1) is 0 Å². The van der Waals surface area contributed by atoms with Crippen LogP contribution in [0.4, 0.5) is 0 Å². The fourth-order valence-corrected chi connectivity index (χ4v) is 2.70. The Morgan fingerprint density at radius 2 is 2.12 bits per heavy atom. The predicted octanol–water partition coefficient (Wildman–Crippen LogP) is 1.53. The average molecular weight is 227 g/mol. The zero-order valence-corrected chi connectivity index (χ0v) is 9.65. The van der Waals surface area contributed by atoms with Gasteiger partial charge in [-0.2, -0.15) is 0 Å². The van der Waals surface area contributed by atoms with Gasteiger partial charge in [0.15, 0.2) is 0 Å². The second-order valence-corrected chi connectivity index (χ2v) is 5.15. The number of aliphatic carboxylic acids is 1. The van der Waals surface area contributed by atoms with E-state index in [-0.39, 0.29) is 5.92 Å². The fourth-order valence-electron chi connectivity index (χ4n) is 2.70. The Hall–Kier alpha value is -0.610. The van der Waals surface area contributed by atoms with Crippen LogP contribution in [-0.2, 0) is 9.53 Å². The van der Waals surface area contributed by atoms with Crippen molar-refractivity contribution in [1.82, 2.24) is 0 Å². The number of carboxylic acid groups (broad SMARTS) is 1. The molecule has 0 spiro atoms. The minimum Gasteiger partial charge on any atom is -0.480 e. The molecule has 2 fully saturated rings. The third-order valence-corrected chi connectivity index (χ3v) is 4.14. The van der Waals surface area contributed by atoms with Crippen molar-refractivity contribution in [2.24, 2.45) is 11.7 Å². The van der Waals surface area contributed by atoms with Gasteiger partial charge in [0.05, 0.1) is 6.10 Å². The van der Waals surface area contributed by atoms with E-state index in [0.717, 1.165) is 32.1 Å². The molecule has 0 saturated heterocycles. The van der Waals surface area contributed by atoms with E-state index in [1.807, 2.05) is 0 Å². The maximum absolute atomic E-state index is 11.1. The van der Waals surface area contributed by atoms with Gasteiger partial charge in [-0.25, -0.2) is 0 Å². The van der Waals surface area contributed by atoms with E-state index in [2.05, 4.69) is 0 Å². The van der Waals surface area contributed by atoms with Gasteiger partial charge in [-0.05, 0) is 44.4 Å². The summed E-state index contributed by atoms with van der Waals surface area (Å²) >= 11 is 0. The summed E-state index contributed by atoms with van der Waals surface area (Å²) in [5.41, 5.74) is 4.96. The first kappa shape index (κ1) is 11.9. The lowest BCUT2D eigenvalue weighted by atomic mass is 9.86. The molecule has 2 aliphatic carbocycles. The maximum Gasteiger partial charge on any atom is 0.323 e. The molecule has 4 heteroatoms. The van der Waals surface area contributed by atoms with Gasteiger partial charge in [0, 0.05) is 6.61 Å². The highest BCUT2D eigenvalue weighted by atomic mass is 16.5. The lowest BCUT2D eigenvalue weighted by Crippen LogP contribution is -2.51. The molecule has 2 aliphatic rings. The van der Waals surface area contributed by atoms with Crippen molar-refractivity contribution in [2.45, 2.75) is 56.6 Å². The van der Waals surface area contributed by atoms with Crippen molar-refractivity contribution < 1.29 is 14.6 Å². The molecule has 0 bridgehead atoms. The quantitative estimate of drug-likeness (QED) is 0.747. The summed E-state index contributed by atoms with van der Waals surface area (Å²) in [7, 11) is 0. The number of hydrogen-bond donors (Lipinski definition) is 2. The number of carboxylic acids is 1. The SMILES string of the molecule is NC1(C(=O)O)CCCC1CCOC1CCC1. The molecule has 2 atom stereocenters. The summed E-state index contributed by atoms with van der Waals surface area (Å²) in [6, 6.07) is 0. The first-order valence-electron chi connectivity index (χ1n) is 6.27. The van der Waals surface area contributed by atoms with Crippen molar-refractivity contribution in [3.63, 3.8) is 0 Å². The number of ether oxygens (including phenoxy) is 1. The molecular weight excluding hydrogens is 206 g/mol. The number of nitrogens with two attached hydrogens (primary N) is 1. The molecule has 0 radical (unpaired) electrons. The Morgan fingerprint density at radius 1 is 1.38 bits per heavy atom. The summed E-state index contributed by atoms with van der Waals surface area (Å²) in [6.45, 7) is 0.668. The zero-order chi connectivity index (χ0) is 11.6. The van der Waals surface area contributed by atoms with Crippen LogP contribution in [0.25, 0.3) is 0 Å². The minimum absolute atomic E-state index is 0.0880. The molecular formula is C12H21NO3. The highest BCUT2D eigenvalue weighted by Crippen LogP contribution is 2.36. The number of rotatable bonds is 5. The average Bonchev–Trinajstić information content (AvgIpc) is 2.53. The summed E-state index contributed by atoms with van der Waals surface area (Å²) in [6.07, 6.45) is 7.28. The van der Waals surface area contributed by atoms with Crippen LogP contribution < -0.4 is 5.73 Å². The van der Waals surface area contributed by atoms with E-state index in [1.54, 1.807) is 0 Å². The molecule has 0 aromatic rings. The standard InChI is InChI=1S/C12H21NO3/c13-12(11(14)15)7-2-3-9(12)6-8-16-10-4-1-5-10/h9-10H,1-8,13H2,(H,14,15). The van der Waals surface area contributed by atoms with Gasteiger partial charge in [0.2, 0.25) is 0 Å². The van der Waals surface area contributed by atoms with Crippen LogP contribution in [-0.4, -0.2) is 29.3 Å². The molecule has 0 heterocycles. The van der Waals surface area contributed by atoms with Gasteiger partial charge >= 0.3 is 5.97 Å². The molecule has 0 amide bonds. The summed E-state index contributed by atoms with van der Waals surface area (Å²) < 4.78 is 5.66. The molecule has 3 N–H and O–H groups in total. The van der Waals surface area contributed by atoms with Crippen molar-refractivity contribution in [3.05, 3.63) is 0 Å². The van der Waals surface area contributed by atoms with Crippen LogP contribution in [0.1, 0.15) is 44.9 Å². The molecule has 4 nitrogen and oxygen atoms in total. The molecule has 16 heavy (non-hydrogen) atoms. The highest BCUT2D eigenvalue weighted by Gasteiger charge is 2.45. The number of hydrogen-bond acceptors (Lipinski definition) is 3. The molecule has 2 saturated carbocycles. The third-order valence-electron chi connectivity index (χ3n) is 4.14. The fraction of sp³-hybridized carbons (Fsp3) is 0.917. The first-order chi connectivity index (χ1) is 7.63. The van der Waals surface area contributed by atoms with Gasteiger partial charge in [-0.3, -0.25) is 4.79 Å². The van der Waals surface area contributed by atoms with E-state index in [9.17, 15) is 4.79 Å². The Kier molecular flexibility index (Phi) is 3.50. The van der Waals surface area contributed by atoms with Crippen molar-refractivity contribution >= 4 is 5.97 Å². The predicted molar refractivity (Wildman–Crippen MR) is 60.1 cm³/mol. The summed E-state index contributed by atoms with van der Waals surface area (Å²) in [5.74, 6) is -0.760. The van der Waals surface area contributed by atoms with Gasteiger partial charge < -0.3 is 15.6 Å². The van der Waals surface area contributed by atoms with Crippen LogP contribution in [0, 0.1) is 5.92 Å². The second-order valence-electron chi connectivity index (χ2n) is 5.15. The zero-order valence-electron chi connectivity index (χ0n) is 9.65. The van der Waals surface area contributed by atoms with E-state index in [4.69, 9.17) is 15.6 Å². The Morgan fingerprint density at radius 3 is 2.69 bits per heavy atom. The number of carbonyl (C=O) groups is 1. The molecule has 0 aliphatic heterocycles. The molecule has 92 valence electrons. The lowest BCUT2D eigenvalue weighted by Gasteiger charge is -2.29. The van der Waals surface area contributed by atoms with Crippen LogP contribution in [0.15, 0.2) is 0 Å². The van der Waals surface area contributed by atoms with Crippen molar-refractivity contribution in [3.8, 4) is 0 Å². The van der Waals surface area contributed by atoms with Gasteiger partial charge in [-0.1, -0.05) is 6.42 Å². The van der Waals surface area contributed by atoms with Crippen LogP contribution in [0.5, 0.6) is 0 Å². The molecule has 0 aromatic heterocycles. The van der Waals surface area contributed by atoms with Crippen molar-refractivity contribution in [1.29, 1.82) is 0 Å². The normalized spacial score (nSPS) is 34.9. The van der Waals surface area contributed by atoms with Crippen LogP contribution in [0.2, 0.25) is 0 Å². The molecule has 2 unspecified atom stereocenters. The largest absolute Gasteiger partial charge is 0.480 e. The first-order valence-corrected chi connectivity index (χ1v) is 6.27. The summed E-state index contributed by atoms with van der Waals surface area (Å²) in [4.78, 5) is 11.1. The molecule has 2 rings (SSSR count). The third kappa shape index (κ3) is 2.23. The highest BCUT2D eigenvalue weighted by molar-refractivity contribution is 5.79. The second kappa shape index (κ2) is 4.72. The van der Waals surface area contributed by atoms with Gasteiger partial charge in [0.25, 0.3) is 0 Å². The Labute approximate surface area is 96.2 Å². The van der Waals surface area contributed by atoms with E-state index in [1.165, 1.54) is 6.42 Å². The summed E-state index contributed by atoms with van der Waals surface area (Å²) in [5, 5.41) is 9.14. The topological polar surface area (TPSA) is 72.6 Å². The lowest BCUT2D eigenvalue weighted by molar-refractivity contribution is -0.145.